The highest BCUT2D eigenvalue weighted by Crippen LogP contribution is 2.52. The molecule has 51 heavy (non-hydrogen) atoms. The van der Waals surface area contributed by atoms with E-state index in [0.717, 1.165) is 6.07 Å². The molecule has 16 heteroatoms. The van der Waals surface area contributed by atoms with Gasteiger partial charge in [-0.05, 0) is 59.3 Å². The van der Waals surface area contributed by atoms with Gasteiger partial charge in [0.15, 0.2) is 17.1 Å². The molecule has 16 nitrogen and oxygen atoms in total. The Morgan fingerprint density at radius 1 is 0.882 bits per heavy atom. The van der Waals surface area contributed by atoms with Crippen LogP contribution in [-0.4, -0.2) is 59.0 Å². The zero-order valence-electron chi connectivity index (χ0n) is 30.1. The van der Waals surface area contributed by atoms with Gasteiger partial charge in [-0.1, -0.05) is 27.7 Å². The molecule has 0 unspecified atom stereocenters. The summed E-state index contributed by atoms with van der Waals surface area (Å²) in [6.45, 7) is 15.2. The summed E-state index contributed by atoms with van der Waals surface area (Å²) in [6, 6.07) is -1.09. The molecular weight excluding hydrogens is 666 g/mol. The first kappa shape index (κ1) is 38.3. The van der Waals surface area contributed by atoms with Crippen molar-refractivity contribution in [1.29, 1.82) is 0 Å². The molecule has 0 radical (unpaired) electrons. The lowest BCUT2D eigenvalue weighted by Crippen LogP contribution is -2.43. The number of rotatable bonds is 13. The number of hydrogen-bond acceptors (Lipinski definition) is 13. The molecule has 2 amide bonds. The molecule has 2 aromatic carbocycles. The van der Waals surface area contributed by atoms with Crippen LogP contribution in [0.1, 0.15) is 91.9 Å². The van der Waals surface area contributed by atoms with Gasteiger partial charge in [-0.2, -0.15) is 0 Å². The monoisotopic (exact) mass is 709 g/mol. The molecule has 0 bridgehead atoms. The molecule has 274 valence electrons. The smallest absolute Gasteiger partial charge is 0.357 e. The van der Waals surface area contributed by atoms with Crippen LogP contribution in [0.5, 0.6) is 11.5 Å². The van der Waals surface area contributed by atoms with Crippen molar-refractivity contribution in [3.8, 4) is 11.5 Å². The van der Waals surface area contributed by atoms with Crippen LogP contribution in [0.4, 0.5) is 17.1 Å². The van der Waals surface area contributed by atoms with Gasteiger partial charge >= 0.3 is 17.6 Å². The summed E-state index contributed by atoms with van der Waals surface area (Å²) in [7, 11) is 0. The summed E-state index contributed by atoms with van der Waals surface area (Å²) in [5, 5.41) is 20.7. The highest BCUT2D eigenvalue weighted by molar-refractivity contribution is 6.15. The zero-order valence-corrected chi connectivity index (χ0v) is 30.1. The third-order valence-corrected chi connectivity index (χ3v) is 8.17. The predicted molar refractivity (Wildman–Crippen MR) is 186 cm³/mol. The topological polar surface area (TPSA) is 218 Å². The fourth-order valence-corrected chi connectivity index (χ4v) is 5.81. The van der Waals surface area contributed by atoms with Crippen LogP contribution in [0.25, 0.3) is 11.1 Å². The molecular formula is C35H43N5O11. The Balaban J connectivity index is 1.97. The van der Waals surface area contributed by atoms with Gasteiger partial charge in [-0.15, -0.1) is 0 Å². The second-order valence-corrected chi connectivity index (χ2v) is 13.0. The fourth-order valence-electron chi connectivity index (χ4n) is 5.81. The van der Waals surface area contributed by atoms with E-state index in [-0.39, 0.29) is 99.8 Å². The SMILES string of the molecule is CCOC(=O)[C@H](CC(C)C)NC(=O)c1c2c(c(C)c3oc(=O)c(C)nc13)Oc1c(C)c([N+](=O)[O-])cc(C(=O)N[C@H](CC(C)C)C(=O)OCC)c1N2. The largest absolute Gasteiger partial charge is 0.464 e. The van der Waals surface area contributed by atoms with Crippen LogP contribution in [0.15, 0.2) is 15.3 Å². The number of carbonyl (C=O) groups is 4. The van der Waals surface area contributed by atoms with E-state index in [1.807, 2.05) is 27.7 Å². The van der Waals surface area contributed by atoms with Crippen LogP contribution < -0.4 is 26.3 Å². The number of nitrogens with one attached hydrogen (secondary N) is 3. The van der Waals surface area contributed by atoms with Crippen LogP contribution in [0.3, 0.4) is 0 Å². The van der Waals surface area contributed by atoms with Crippen molar-refractivity contribution in [2.75, 3.05) is 18.5 Å². The number of carbonyl (C=O) groups excluding carboxylic acids is 4. The Bertz CT molecular complexity index is 1970. The first-order valence-electron chi connectivity index (χ1n) is 16.7. The molecule has 0 aliphatic carbocycles. The number of amides is 2. The van der Waals surface area contributed by atoms with Crippen LogP contribution in [-0.2, 0) is 19.1 Å². The number of ether oxygens (including phenoxy) is 3. The van der Waals surface area contributed by atoms with Crippen molar-refractivity contribution in [3.05, 3.63) is 54.5 Å². The molecule has 4 rings (SSSR count). The van der Waals surface area contributed by atoms with E-state index in [0.29, 0.717) is 0 Å². The number of anilines is 2. The lowest BCUT2D eigenvalue weighted by atomic mass is 9.97. The summed E-state index contributed by atoms with van der Waals surface area (Å²) < 4.78 is 22.3. The van der Waals surface area contributed by atoms with Gasteiger partial charge in [0.05, 0.1) is 46.2 Å². The number of esters is 2. The molecule has 3 aromatic rings. The molecule has 0 spiro atoms. The molecule has 0 saturated heterocycles. The van der Waals surface area contributed by atoms with Gasteiger partial charge in [0.2, 0.25) is 0 Å². The summed E-state index contributed by atoms with van der Waals surface area (Å²) >= 11 is 0. The molecule has 2 atom stereocenters. The van der Waals surface area contributed by atoms with Crippen molar-refractivity contribution in [3.63, 3.8) is 0 Å². The van der Waals surface area contributed by atoms with E-state index in [2.05, 4.69) is 20.9 Å². The Kier molecular flexibility index (Phi) is 11.7. The van der Waals surface area contributed by atoms with E-state index in [1.165, 1.54) is 13.8 Å². The van der Waals surface area contributed by atoms with Crippen molar-refractivity contribution < 1.29 is 42.7 Å². The normalized spacial score (nSPS) is 13.0. The summed E-state index contributed by atoms with van der Waals surface area (Å²) in [6.07, 6.45) is 0.452. The van der Waals surface area contributed by atoms with Crippen LogP contribution in [0, 0.1) is 42.7 Å². The Labute approximate surface area is 293 Å². The highest BCUT2D eigenvalue weighted by atomic mass is 16.6. The van der Waals surface area contributed by atoms with Gasteiger partial charge in [-0.25, -0.2) is 19.4 Å². The summed E-state index contributed by atoms with van der Waals surface area (Å²) in [4.78, 5) is 82.5. The second-order valence-electron chi connectivity index (χ2n) is 13.0. The first-order valence-corrected chi connectivity index (χ1v) is 16.7. The van der Waals surface area contributed by atoms with Gasteiger partial charge in [0, 0.05) is 11.6 Å². The van der Waals surface area contributed by atoms with Gasteiger partial charge in [-0.3, -0.25) is 19.7 Å². The van der Waals surface area contributed by atoms with E-state index >= 15 is 0 Å². The maximum absolute atomic E-state index is 14.3. The molecule has 2 heterocycles. The third kappa shape index (κ3) is 7.94. The van der Waals surface area contributed by atoms with Crippen LogP contribution >= 0.6 is 0 Å². The van der Waals surface area contributed by atoms with E-state index in [9.17, 15) is 34.1 Å². The third-order valence-electron chi connectivity index (χ3n) is 8.17. The second kappa shape index (κ2) is 15.6. The number of aromatic nitrogens is 1. The number of nitro benzene ring substituents is 1. The van der Waals surface area contributed by atoms with Crippen molar-refractivity contribution in [2.45, 2.75) is 87.2 Å². The first-order chi connectivity index (χ1) is 24.0. The van der Waals surface area contributed by atoms with E-state index in [4.69, 9.17) is 18.6 Å². The minimum Gasteiger partial charge on any atom is -0.464 e. The van der Waals surface area contributed by atoms with Crippen molar-refractivity contribution in [2.24, 2.45) is 11.8 Å². The Morgan fingerprint density at radius 3 is 1.92 bits per heavy atom. The van der Waals surface area contributed by atoms with Crippen LogP contribution in [0.2, 0.25) is 0 Å². The number of benzene rings is 2. The lowest BCUT2D eigenvalue weighted by Gasteiger charge is -2.29. The average molecular weight is 710 g/mol. The Hall–Kier alpha value is -5.54. The summed E-state index contributed by atoms with van der Waals surface area (Å²) in [5.74, 6) is -3.19. The Morgan fingerprint density at radius 2 is 1.41 bits per heavy atom. The maximum Gasteiger partial charge on any atom is 0.357 e. The van der Waals surface area contributed by atoms with Gasteiger partial charge in [0.25, 0.3) is 17.5 Å². The number of nitro groups is 1. The summed E-state index contributed by atoms with van der Waals surface area (Å²) in [5.41, 5.74) is -1.65. The molecule has 1 aromatic heterocycles. The average Bonchev–Trinajstić information content (AvgIpc) is 3.04. The lowest BCUT2D eigenvalue weighted by molar-refractivity contribution is -0.385. The standard InChI is InChI=1S/C35H43N5O11/c1-10-48-34(44)21(12-15(3)4)37-31(41)20-14-23(40(46)47)17(7)28-25(20)39-27-24(32(42)38-22(13-16(5)6)35(45)49-11-2)26-30(18(8)29(27)50-28)51-33(43)19(9)36-26/h14-16,21-22,39H,10-13H2,1-9H3,(H,37,41)(H,38,42)/t21-,22+/m1/s1. The van der Waals surface area contributed by atoms with Gasteiger partial charge in [0.1, 0.15) is 23.3 Å². The zero-order chi connectivity index (χ0) is 37.9. The van der Waals surface area contributed by atoms with Crippen molar-refractivity contribution >= 4 is 51.9 Å². The van der Waals surface area contributed by atoms with Crippen molar-refractivity contribution in [1.82, 2.24) is 15.6 Å². The number of aryl methyl sites for hydroxylation is 2. The van der Waals surface area contributed by atoms with E-state index < -0.39 is 52.1 Å². The number of fused-ring (bicyclic) bond motifs is 3. The number of nitrogens with zero attached hydrogens (tertiary/aromatic N) is 2. The molecule has 0 fully saturated rings. The quantitative estimate of drug-likeness (QED) is 0.0915. The minimum atomic E-state index is -1.08. The molecule has 3 N–H and O–H groups in total. The fraction of sp³-hybridized carbons (Fsp3) is 0.486. The molecule has 0 saturated carbocycles. The minimum absolute atomic E-state index is 0.00988. The highest BCUT2D eigenvalue weighted by Gasteiger charge is 2.37. The predicted octanol–water partition coefficient (Wildman–Crippen LogP) is 5.29. The van der Waals surface area contributed by atoms with E-state index in [1.54, 1.807) is 20.8 Å². The van der Waals surface area contributed by atoms with Gasteiger partial charge < -0.3 is 34.6 Å². The molecule has 1 aliphatic rings. The number of hydrogen-bond donors (Lipinski definition) is 3. The maximum atomic E-state index is 14.3. The molecule has 1 aliphatic heterocycles.